The first-order chi connectivity index (χ1) is 15.7. The molecule has 5 nitrogen and oxygen atoms in total. The van der Waals surface area contributed by atoms with E-state index in [1.165, 1.54) is 6.07 Å². The monoisotopic (exact) mass is 511 g/mol. The van der Waals surface area contributed by atoms with Crippen molar-refractivity contribution in [3.8, 4) is 17.2 Å². The Labute approximate surface area is 192 Å². The molecular weight excluding hydrogens is 495 g/mol. The lowest BCUT2D eigenvalue weighted by Gasteiger charge is -2.26. The van der Waals surface area contributed by atoms with E-state index < -0.39 is 58.1 Å². The maximum atomic E-state index is 14.3. The van der Waals surface area contributed by atoms with Crippen LogP contribution in [0.5, 0.6) is 17.2 Å². The van der Waals surface area contributed by atoms with E-state index in [0.29, 0.717) is 11.8 Å². The quantitative estimate of drug-likeness (QED) is 0.523. The van der Waals surface area contributed by atoms with Gasteiger partial charge in [-0.3, -0.25) is 4.79 Å². The maximum Gasteiger partial charge on any atom is 0.586 e. The summed E-state index contributed by atoms with van der Waals surface area (Å²) in [6.45, 7) is 0.910. The van der Waals surface area contributed by atoms with E-state index in [9.17, 15) is 35.5 Å². The average molecular weight is 511 g/mol. The second kappa shape index (κ2) is 8.14. The van der Waals surface area contributed by atoms with Gasteiger partial charge in [-0.1, -0.05) is 6.07 Å². The van der Waals surface area contributed by atoms with Crippen LogP contribution in [0.1, 0.15) is 24.8 Å². The lowest BCUT2D eigenvalue weighted by atomic mass is 9.85. The van der Waals surface area contributed by atoms with Crippen LogP contribution in [0, 0.1) is 11.6 Å². The predicted octanol–water partition coefficient (Wildman–Crippen LogP) is 5.84. The summed E-state index contributed by atoms with van der Waals surface area (Å²) >= 11 is 0.320. The lowest BCUT2D eigenvalue weighted by molar-refractivity contribution is -0.286. The van der Waals surface area contributed by atoms with Crippen molar-refractivity contribution in [1.29, 1.82) is 0 Å². The van der Waals surface area contributed by atoms with Gasteiger partial charge >= 0.3 is 12.5 Å². The van der Waals surface area contributed by atoms with Gasteiger partial charge < -0.3 is 19.5 Å². The highest BCUT2D eigenvalue weighted by Gasteiger charge is 2.61. The molecule has 0 aliphatic carbocycles. The molecular formula is C21H16F7NO4S. The summed E-state index contributed by atoms with van der Waals surface area (Å²) < 4.78 is 107. The number of halogens is 7. The number of fused-ring (bicyclic) bond motifs is 1. The Morgan fingerprint density at radius 2 is 1.82 bits per heavy atom. The zero-order chi connectivity index (χ0) is 25.1. The van der Waals surface area contributed by atoms with Crippen molar-refractivity contribution in [2.24, 2.45) is 0 Å². The van der Waals surface area contributed by atoms with Crippen molar-refractivity contribution in [2.75, 3.05) is 12.4 Å². The van der Waals surface area contributed by atoms with Gasteiger partial charge in [-0.25, -0.2) is 4.39 Å². The van der Waals surface area contributed by atoms with Crippen LogP contribution < -0.4 is 19.5 Å². The highest BCUT2D eigenvalue weighted by Crippen LogP contribution is 2.59. The summed E-state index contributed by atoms with van der Waals surface area (Å²) in [5.41, 5.74) is -0.144. The number of carbonyl (C=O) groups excluding carboxylic acids is 1. The third kappa shape index (κ3) is 4.21. The van der Waals surface area contributed by atoms with Crippen LogP contribution in [0.2, 0.25) is 0 Å². The lowest BCUT2D eigenvalue weighted by Crippen LogP contribution is -2.37. The number of ether oxygens (including phenoxy) is 3. The average Bonchev–Trinajstić information content (AvgIpc) is 3.25. The number of hydrogen-bond acceptors (Lipinski definition) is 5. The Balaban J connectivity index is 1.67. The van der Waals surface area contributed by atoms with Gasteiger partial charge in [-0.05, 0) is 31.5 Å². The van der Waals surface area contributed by atoms with Crippen molar-refractivity contribution in [3.05, 3.63) is 47.5 Å². The fourth-order valence-electron chi connectivity index (χ4n) is 3.92. The summed E-state index contributed by atoms with van der Waals surface area (Å²) in [5, 5.41) is 0.972. The highest BCUT2D eigenvalue weighted by atomic mass is 32.2. The molecule has 2 aliphatic heterocycles. The molecule has 2 heterocycles. The molecule has 0 bridgehead atoms. The van der Waals surface area contributed by atoms with Crippen LogP contribution >= 0.6 is 11.8 Å². The van der Waals surface area contributed by atoms with Crippen LogP contribution in [0.15, 0.2) is 30.3 Å². The van der Waals surface area contributed by atoms with Crippen molar-refractivity contribution in [3.63, 3.8) is 0 Å². The van der Waals surface area contributed by atoms with Crippen molar-refractivity contribution >= 4 is 23.4 Å². The molecule has 1 fully saturated rings. The minimum Gasteiger partial charge on any atom is -0.493 e. The van der Waals surface area contributed by atoms with Gasteiger partial charge in [0.25, 0.3) is 0 Å². The largest absolute Gasteiger partial charge is 0.586 e. The van der Waals surface area contributed by atoms with E-state index in [1.54, 1.807) is 0 Å². The number of methoxy groups -OCH3 is 1. The van der Waals surface area contributed by atoms with E-state index in [-0.39, 0.29) is 22.7 Å². The summed E-state index contributed by atoms with van der Waals surface area (Å²) in [6.07, 6.45) is -9.23. The molecule has 13 heteroatoms. The number of hydrogen-bond donors (Lipinski definition) is 1. The molecule has 0 saturated carbocycles. The van der Waals surface area contributed by atoms with E-state index >= 15 is 0 Å². The summed E-state index contributed by atoms with van der Waals surface area (Å²) in [7, 11) is 1.03. The van der Waals surface area contributed by atoms with Gasteiger partial charge in [0.05, 0.1) is 12.4 Å². The van der Waals surface area contributed by atoms with E-state index in [1.807, 2.05) is 0 Å². The molecule has 0 radical (unpaired) electrons. The molecule has 1 amide bonds. The van der Waals surface area contributed by atoms with E-state index in [0.717, 1.165) is 38.3 Å². The number of nitrogens with one attached hydrogen (secondary N) is 1. The fraction of sp³-hybridized carbons (Fsp3) is 0.381. The highest BCUT2D eigenvalue weighted by molar-refractivity contribution is 8.02. The topological polar surface area (TPSA) is 56.8 Å². The summed E-state index contributed by atoms with van der Waals surface area (Å²) in [6, 6.07) is 5.16. The molecule has 34 heavy (non-hydrogen) atoms. The van der Waals surface area contributed by atoms with E-state index in [4.69, 9.17) is 4.74 Å². The molecule has 184 valence electrons. The molecule has 0 aromatic heterocycles. The molecule has 0 spiro atoms. The summed E-state index contributed by atoms with van der Waals surface area (Å²) in [5.74, 6) is -6.02. The first-order valence-electron chi connectivity index (χ1n) is 9.72. The van der Waals surface area contributed by atoms with Gasteiger partial charge in [0.2, 0.25) is 11.7 Å². The third-order valence-electron chi connectivity index (χ3n) is 5.57. The van der Waals surface area contributed by atoms with Gasteiger partial charge in [-0.15, -0.1) is 20.5 Å². The van der Waals surface area contributed by atoms with E-state index in [2.05, 4.69) is 14.8 Å². The Morgan fingerprint density at radius 3 is 2.47 bits per heavy atom. The zero-order valence-electron chi connectivity index (χ0n) is 17.4. The van der Waals surface area contributed by atoms with Crippen LogP contribution in [0.4, 0.5) is 36.4 Å². The van der Waals surface area contributed by atoms with Gasteiger partial charge in [0.15, 0.2) is 23.1 Å². The van der Waals surface area contributed by atoms with Crippen LogP contribution in [-0.2, 0) is 4.79 Å². The molecule has 1 saturated heterocycles. The number of carbonyl (C=O) groups is 1. The van der Waals surface area contributed by atoms with Gasteiger partial charge in [0, 0.05) is 23.2 Å². The van der Waals surface area contributed by atoms with Crippen LogP contribution in [0.25, 0.3) is 0 Å². The molecule has 0 unspecified atom stereocenters. The standard InChI is InChI=1S/C21H16F7NO4S/c1-19(20(24,25)26)8-11(10-4-5-12(22)15(23)16(10)31-2)17(34-19)18(30)29-9-3-6-13-14(7-9)33-21(27,28)32-13/h3-7,11,17H,8H2,1-2H3,(H,29,30)/t11-,17+,19+/m0/s1. The van der Waals surface area contributed by atoms with Gasteiger partial charge in [0.1, 0.15) is 4.75 Å². The van der Waals surface area contributed by atoms with Crippen LogP contribution in [0.3, 0.4) is 0 Å². The minimum atomic E-state index is -4.72. The Kier molecular flexibility index (Phi) is 5.82. The summed E-state index contributed by atoms with van der Waals surface area (Å²) in [4.78, 5) is 13.1. The Hall–Kier alpha value is -2.83. The molecule has 2 aromatic carbocycles. The Morgan fingerprint density at radius 1 is 1.15 bits per heavy atom. The number of anilines is 1. The smallest absolute Gasteiger partial charge is 0.493 e. The molecule has 2 aromatic rings. The first-order valence-corrected chi connectivity index (χ1v) is 10.6. The molecule has 2 aliphatic rings. The molecule has 1 N–H and O–H groups in total. The van der Waals surface area contributed by atoms with Crippen molar-refractivity contribution in [1.82, 2.24) is 0 Å². The van der Waals surface area contributed by atoms with Gasteiger partial charge in [-0.2, -0.15) is 17.6 Å². The maximum absolute atomic E-state index is 14.3. The number of benzene rings is 2. The zero-order valence-corrected chi connectivity index (χ0v) is 18.3. The normalized spacial score (nSPS) is 25.3. The predicted molar refractivity (Wildman–Crippen MR) is 107 cm³/mol. The SMILES string of the molecule is COc1c([C@@H]2C[C@](C)(C(F)(F)F)S[C@H]2C(=O)Nc2ccc3c(c2)OC(F)(F)O3)ccc(F)c1F. The fourth-order valence-corrected chi connectivity index (χ4v) is 5.46. The van der Waals surface area contributed by atoms with Crippen molar-refractivity contribution in [2.45, 2.75) is 41.7 Å². The minimum absolute atomic E-state index is 0.0396. The number of alkyl halides is 5. The molecule has 3 atom stereocenters. The number of amides is 1. The first kappa shape index (κ1) is 24.3. The van der Waals surface area contributed by atoms with Crippen LogP contribution in [-0.4, -0.2) is 35.5 Å². The number of thioether (sulfide) groups is 1. The second-order valence-corrected chi connectivity index (χ2v) is 9.52. The Bertz CT molecular complexity index is 1140. The van der Waals surface area contributed by atoms with Crippen molar-refractivity contribution < 1.29 is 49.7 Å². The second-order valence-electron chi connectivity index (χ2n) is 7.88. The molecule has 4 rings (SSSR count). The number of rotatable bonds is 4. The third-order valence-corrected chi connectivity index (χ3v) is 7.29.